The molecular formula is C17H21N3O3S. The summed E-state index contributed by atoms with van der Waals surface area (Å²) in [7, 11) is 0. The van der Waals surface area contributed by atoms with Crippen LogP contribution in [0.3, 0.4) is 0 Å². The largest absolute Gasteiger partial charge is 0.459 e. The van der Waals surface area contributed by atoms with Gasteiger partial charge in [0.05, 0.1) is 12.7 Å². The minimum atomic E-state index is -0.0519. The molecule has 1 N–H and O–H groups in total. The van der Waals surface area contributed by atoms with E-state index in [1.54, 1.807) is 23.5 Å². The van der Waals surface area contributed by atoms with Crippen molar-refractivity contribution in [1.29, 1.82) is 0 Å². The molecule has 0 radical (unpaired) electrons. The molecule has 0 aliphatic carbocycles. The predicted molar refractivity (Wildman–Crippen MR) is 92.1 cm³/mol. The highest BCUT2D eigenvalue weighted by Gasteiger charge is 2.23. The van der Waals surface area contributed by atoms with Crippen molar-refractivity contribution in [2.45, 2.75) is 6.42 Å². The molecule has 1 saturated heterocycles. The first-order chi connectivity index (χ1) is 11.7. The minimum absolute atomic E-state index is 0.0519. The van der Waals surface area contributed by atoms with Gasteiger partial charge in [0.1, 0.15) is 0 Å². The van der Waals surface area contributed by atoms with Crippen LogP contribution in [0.5, 0.6) is 0 Å². The molecule has 0 aromatic carbocycles. The molecule has 1 aliphatic rings. The van der Waals surface area contributed by atoms with E-state index in [2.05, 4.69) is 10.2 Å². The maximum Gasteiger partial charge on any atom is 0.289 e. The van der Waals surface area contributed by atoms with Crippen LogP contribution in [0.4, 0.5) is 0 Å². The molecule has 1 fully saturated rings. The van der Waals surface area contributed by atoms with Crippen molar-refractivity contribution < 1.29 is 14.0 Å². The van der Waals surface area contributed by atoms with E-state index >= 15 is 0 Å². The Kier molecular flexibility index (Phi) is 5.66. The Labute approximate surface area is 145 Å². The summed E-state index contributed by atoms with van der Waals surface area (Å²) in [5.41, 5.74) is 0. The fourth-order valence-corrected chi connectivity index (χ4v) is 3.42. The van der Waals surface area contributed by atoms with Gasteiger partial charge in [-0.2, -0.15) is 0 Å². The number of carbonyl (C=O) groups is 2. The summed E-state index contributed by atoms with van der Waals surface area (Å²) in [5, 5.41) is 4.93. The molecule has 0 saturated carbocycles. The maximum absolute atomic E-state index is 12.2. The number of furan rings is 1. The second kappa shape index (κ2) is 8.12. The van der Waals surface area contributed by atoms with Crippen LogP contribution in [0, 0.1) is 0 Å². The summed E-state index contributed by atoms with van der Waals surface area (Å²) in [4.78, 5) is 29.2. The number of thiophene rings is 1. The lowest BCUT2D eigenvalue weighted by Gasteiger charge is -2.34. The molecule has 3 heterocycles. The van der Waals surface area contributed by atoms with Crippen LogP contribution in [-0.2, 0) is 11.2 Å². The first-order valence-corrected chi connectivity index (χ1v) is 8.94. The Morgan fingerprint density at radius 1 is 1.17 bits per heavy atom. The Balaban J connectivity index is 1.34. The van der Waals surface area contributed by atoms with E-state index in [0.717, 1.165) is 24.5 Å². The second-order valence-corrected chi connectivity index (χ2v) is 6.75. The van der Waals surface area contributed by atoms with Gasteiger partial charge in [0.2, 0.25) is 5.91 Å². The highest BCUT2D eigenvalue weighted by atomic mass is 32.1. The molecule has 0 atom stereocenters. The van der Waals surface area contributed by atoms with Gasteiger partial charge in [0.15, 0.2) is 5.76 Å². The average Bonchev–Trinajstić information content (AvgIpc) is 3.28. The minimum Gasteiger partial charge on any atom is -0.459 e. The van der Waals surface area contributed by atoms with E-state index in [0.29, 0.717) is 31.8 Å². The summed E-state index contributed by atoms with van der Waals surface area (Å²) in [5.74, 6) is 0.400. The molecular weight excluding hydrogens is 326 g/mol. The fourth-order valence-electron chi connectivity index (χ4n) is 2.72. The van der Waals surface area contributed by atoms with Crippen molar-refractivity contribution in [3.63, 3.8) is 0 Å². The van der Waals surface area contributed by atoms with E-state index in [9.17, 15) is 9.59 Å². The molecule has 2 amide bonds. The second-order valence-electron chi connectivity index (χ2n) is 5.72. The molecule has 2 aromatic rings. The SMILES string of the molecule is O=C(Cc1cccs1)NCCN1CCN(C(=O)c2ccco2)CC1. The molecule has 0 spiro atoms. The molecule has 3 rings (SSSR count). The first kappa shape index (κ1) is 16.7. The zero-order chi connectivity index (χ0) is 16.8. The third-order valence-corrected chi connectivity index (χ3v) is 4.93. The summed E-state index contributed by atoms with van der Waals surface area (Å²) in [6, 6.07) is 7.34. The number of amides is 2. The number of hydrogen-bond donors (Lipinski definition) is 1. The highest BCUT2D eigenvalue weighted by Crippen LogP contribution is 2.10. The van der Waals surface area contributed by atoms with Gasteiger partial charge in [-0.3, -0.25) is 14.5 Å². The van der Waals surface area contributed by atoms with E-state index in [-0.39, 0.29) is 11.8 Å². The van der Waals surface area contributed by atoms with Gasteiger partial charge < -0.3 is 14.6 Å². The molecule has 7 heteroatoms. The average molecular weight is 347 g/mol. The lowest BCUT2D eigenvalue weighted by molar-refractivity contribution is -0.120. The van der Waals surface area contributed by atoms with Crippen LogP contribution in [0.15, 0.2) is 40.3 Å². The number of piperazine rings is 1. The van der Waals surface area contributed by atoms with Gasteiger partial charge in [-0.1, -0.05) is 6.07 Å². The van der Waals surface area contributed by atoms with Crippen LogP contribution in [0.2, 0.25) is 0 Å². The van der Waals surface area contributed by atoms with Gasteiger partial charge in [0, 0.05) is 44.1 Å². The molecule has 0 bridgehead atoms. The van der Waals surface area contributed by atoms with Crippen LogP contribution in [0.25, 0.3) is 0 Å². The fraction of sp³-hybridized carbons (Fsp3) is 0.412. The number of nitrogens with one attached hydrogen (secondary N) is 1. The lowest BCUT2D eigenvalue weighted by atomic mass is 10.3. The highest BCUT2D eigenvalue weighted by molar-refractivity contribution is 7.10. The van der Waals surface area contributed by atoms with Crippen LogP contribution in [0.1, 0.15) is 15.4 Å². The molecule has 2 aromatic heterocycles. The Bertz CT molecular complexity index is 647. The van der Waals surface area contributed by atoms with E-state index in [1.165, 1.54) is 6.26 Å². The van der Waals surface area contributed by atoms with Crippen molar-refractivity contribution in [1.82, 2.24) is 15.1 Å². The van der Waals surface area contributed by atoms with E-state index < -0.39 is 0 Å². The maximum atomic E-state index is 12.2. The van der Waals surface area contributed by atoms with Crippen molar-refractivity contribution in [2.75, 3.05) is 39.3 Å². The zero-order valence-corrected chi connectivity index (χ0v) is 14.3. The smallest absolute Gasteiger partial charge is 0.289 e. The van der Waals surface area contributed by atoms with Crippen LogP contribution in [-0.4, -0.2) is 60.9 Å². The van der Waals surface area contributed by atoms with Gasteiger partial charge in [-0.25, -0.2) is 0 Å². The van der Waals surface area contributed by atoms with Gasteiger partial charge >= 0.3 is 0 Å². The summed E-state index contributed by atoms with van der Waals surface area (Å²) in [6.07, 6.45) is 1.96. The number of carbonyl (C=O) groups excluding carboxylic acids is 2. The summed E-state index contributed by atoms with van der Waals surface area (Å²) >= 11 is 1.60. The van der Waals surface area contributed by atoms with Gasteiger partial charge in [-0.15, -0.1) is 11.3 Å². The number of nitrogens with zero attached hydrogens (tertiary/aromatic N) is 2. The van der Waals surface area contributed by atoms with Crippen molar-refractivity contribution in [3.05, 3.63) is 46.5 Å². The number of hydrogen-bond acceptors (Lipinski definition) is 5. The van der Waals surface area contributed by atoms with Crippen LogP contribution < -0.4 is 5.32 Å². The molecule has 128 valence electrons. The normalized spacial score (nSPS) is 15.4. The summed E-state index contributed by atoms with van der Waals surface area (Å²) in [6.45, 7) is 4.43. The van der Waals surface area contributed by atoms with Crippen molar-refractivity contribution in [3.8, 4) is 0 Å². The monoisotopic (exact) mass is 347 g/mol. The molecule has 0 unspecified atom stereocenters. The third kappa shape index (κ3) is 4.46. The molecule has 6 nitrogen and oxygen atoms in total. The van der Waals surface area contributed by atoms with Crippen molar-refractivity contribution >= 4 is 23.2 Å². The standard InChI is InChI=1S/C17H21N3O3S/c21-16(13-14-3-2-12-24-14)18-5-6-19-7-9-20(10-8-19)17(22)15-4-1-11-23-15/h1-4,11-12H,5-10,13H2,(H,18,21). The third-order valence-electron chi connectivity index (χ3n) is 4.06. The lowest BCUT2D eigenvalue weighted by Crippen LogP contribution is -2.50. The van der Waals surface area contributed by atoms with Crippen molar-refractivity contribution in [2.24, 2.45) is 0 Å². The quantitative estimate of drug-likeness (QED) is 0.859. The zero-order valence-electron chi connectivity index (χ0n) is 13.4. The topological polar surface area (TPSA) is 65.8 Å². The Morgan fingerprint density at radius 2 is 2.00 bits per heavy atom. The van der Waals surface area contributed by atoms with E-state index in [1.807, 2.05) is 22.4 Å². The van der Waals surface area contributed by atoms with Crippen LogP contribution >= 0.6 is 11.3 Å². The first-order valence-electron chi connectivity index (χ1n) is 8.06. The summed E-state index contributed by atoms with van der Waals surface area (Å²) < 4.78 is 5.16. The molecule has 24 heavy (non-hydrogen) atoms. The van der Waals surface area contributed by atoms with Gasteiger partial charge in [-0.05, 0) is 23.6 Å². The number of rotatable bonds is 6. The van der Waals surface area contributed by atoms with E-state index in [4.69, 9.17) is 4.42 Å². The Hall–Kier alpha value is -2.12. The van der Waals surface area contributed by atoms with Gasteiger partial charge in [0.25, 0.3) is 5.91 Å². The predicted octanol–water partition coefficient (Wildman–Crippen LogP) is 1.46. The molecule has 1 aliphatic heterocycles. The Morgan fingerprint density at radius 3 is 2.67 bits per heavy atom.